The maximum atomic E-state index is 11.1. The number of benzene rings is 2. The van der Waals surface area contributed by atoms with Gasteiger partial charge in [0.25, 0.3) is 0 Å². The second-order valence-corrected chi connectivity index (χ2v) is 4.12. The molecule has 2 aromatic carbocycles. The van der Waals surface area contributed by atoms with E-state index in [1.807, 2.05) is 13.0 Å². The van der Waals surface area contributed by atoms with Gasteiger partial charge in [-0.2, -0.15) is 5.26 Å². The molecule has 0 atom stereocenters. The van der Waals surface area contributed by atoms with E-state index in [0.717, 1.165) is 11.3 Å². The first-order valence-electron chi connectivity index (χ1n) is 5.72. The summed E-state index contributed by atoms with van der Waals surface area (Å²) in [6.07, 6.45) is 0. The number of hydrogen-bond acceptors (Lipinski definition) is 3. The number of nitriles is 1. The number of carbonyl (C=O) groups is 1. The van der Waals surface area contributed by atoms with Gasteiger partial charge in [0.15, 0.2) is 0 Å². The summed E-state index contributed by atoms with van der Waals surface area (Å²) in [5, 5.41) is 21.1. The highest BCUT2D eigenvalue weighted by atomic mass is 16.4. The average molecular weight is 252 g/mol. The quantitative estimate of drug-likeness (QED) is 0.878. The summed E-state index contributed by atoms with van der Waals surface area (Å²) in [6, 6.07) is 14.0. The standard InChI is InChI=1S/C15H12N2O2/c1-10-6-7-11(9-16)8-14(10)17-13-5-3-2-4-12(13)15(18)19/h2-8,17H,1H3,(H,18,19). The molecule has 0 fully saturated rings. The molecule has 0 bridgehead atoms. The smallest absolute Gasteiger partial charge is 0.337 e. The fraction of sp³-hybridized carbons (Fsp3) is 0.0667. The van der Waals surface area contributed by atoms with E-state index in [4.69, 9.17) is 10.4 Å². The molecule has 0 saturated heterocycles. The predicted molar refractivity (Wildman–Crippen MR) is 72.6 cm³/mol. The minimum Gasteiger partial charge on any atom is -0.478 e. The first-order valence-corrected chi connectivity index (χ1v) is 5.72. The van der Waals surface area contributed by atoms with Gasteiger partial charge in [0.2, 0.25) is 0 Å². The lowest BCUT2D eigenvalue weighted by Gasteiger charge is -2.12. The minimum atomic E-state index is -0.989. The van der Waals surface area contributed by atoms with Gasteiger partial charge in [-0.05, 0) is 36.8 Å². The van der Waals surface area contributed by atoms with Gasteiger partial charge < -0.3 is 10.4 Å². The van der Waals surface area contributed by atoms with E-state index in [9.17, 15) is 4.79 Å². The summed E-state index contributed by atoms with van der Waals surface area (Å²) in [5.74, 6) is -0.989. The Balaban J connectivity index is 2.42. The molecule has 2 rings (SSSR count). The van der Waals surface area contributed by atoms with Crippen molar-refractivity contribution in [2.24, 2.45) is 0 Å². The number of carboxylic acid groups (broad SMARTS) is 1. The lowest BCUT2D eigenvalue weighted by molar-refractivity contribution is 0.0698. The number of para-hydroxylation sites is 1. The van der Waals surface area contributed by atoms with E-state index in [1.54, 1.807) is 30.3 Å². The summed E-state index contributed by atoms with van der Waals surface area (Å²) < 4.78 is 0. The highest BCUT2D eigenvalue weighted by Gasteiger charge is 2.10. The summed E-state index contributed by atoms with van der Waals surface area (Å²) in [6.45, 7) is 1.90. The van der Waals surface area contributed by atoms with E-state index in [0.29, 0.717) is 11.3 Å². The van der Waals surface area contributed by atoms with Gasteiger partial charge in [-0.15, -0.1) is 0 Å². The summed E-state index contributed by atoms with van der Waals surface area (Å²) >= 11 is 0. The molecule has 0 unspecified atom stereocenters. The van der Waals surface area contributed by atoms with Crippen molar-refractivity contribution in [3.05, 3.63) is 59.2 Å². The van der Waals surface area contributed by atoms with Crippen molar-refractivity contribution in [1.82, 2.24) is 0 Å². The van der Waals surface area contributed by atoms with Crippen LogP contribution in [0.5, 0.6) is 0 Å². The molecule has 94 valence electrons. The first kappa shape index (κ1) is 12.7. The Hall–Kier alpha value is -2.80. The van der Waals surface area contributed by atoms with Gasteiger partial charge in [-0.1, -0.05) is 18.2 Å². The third kappa shape index (κ3) is 2.72. The largest absolute Gasteiger partial charge is 0.478 e. The van der Waals surface area contributed by atoms with E-state index in [-0.39, 0.29) is 5.56 Å². The van der Waals surface area contributed by atoms with E-state index < -0.39 is 5.97 Å². The molecule has 0 amide bonds. The van der Waals surface area contributed by atoms with Crippen molar-refractivity contribution in [2.75, 3.05) is 5.32 Å². The van der Waals surface area contributed by atoms with Gasteiger partial charge in [0, 0.05) is 5.69 Å². The number of rotatable bonds is 3. The van der Waals surface area contributed by atoms with Gasteiger partial charge in [0.1, 0.15) is 0 Å². The van der Waals surface area contributed by atoms with Crippen LogP contribution in [0.25, 0.3) is 0 Å². The predicted octanol–water partition coefficient (Wildman–Crippen LogP) is 3.31. The number of hydrogen-bond donors (Lipinski definition) is 2. The second kappa shape index (κ2) is 5.23. The first-order chi connectivity index (χ1) is 9.11. The van der Waals surface area contributed by atoms with Crippen LogP contribution in [0.1, 0.15) is 21.5 Å². The zero-order valence-electron chi connectivity index (χ0n) is 10.3. The van der Waals surface area contributed by atoms with Crippen molar-refractivity contribution in [2.45, 2.75) is 6.92 Å². The monoisotopic (exact) mass is 252 g/mol. The summed E-state index contributed by atoms with van der Waals surface area (Å²) in [7, 11) is 0. The number of nitrogens with one attached hydrogen (secondary N) is 1. The topological polar surface area (TPSA) is 73.1 Å². The lowest BCUT2D eigenvalue weighted by Crippen LogP contribution is -2.03. The van der Waals surface area contributed by atoms with Gasteiger partial charge in [-0.25, -0.2) is 4.79 Å². The van der Waals surface area contributed by atoms with Crippen LogP contribution < -0.4 is 5.32 Å². The van der Waals surface area contributed by atoms with Crippen LogP contribution in [0.2, 0.25) is 0 Å². The molecule has 0 aromatic heterocycles. The average Bonchev–Trinajstić information content (AvgIpc) is 2.41. The Morgan fingerprint density at radius 2 is 1.95 bits per heavy atom. The van der Waals surface area contributed by atoms with E-state index in [1.165, 1.54) is 6.07 Å². The van der Waals surface area contributed by atoms with Gasteiger partial charge in [-0.3, -0.25) is 0 Å². The molecule has 19 heavy (non-hydrogen) atoms. The molecule has 4 nitrogen and oxygen atoms in total. The molecule has 0 radical (unpaired) electrons. The summed E-state index contributed by atoms with van der Waals surface area (Å²) in [5.41, 5.74) is 2.91. The Labute approximate surface area is 110 Å². The molecular formula is C15H12N2O2. The Morgan fingerprint density at radius 3 is 2.63 bits per heavy atom. The number of anilines is 2. The van der Waals surface area contributed by atoms with Crippen LogP contribution in [-0.4, -0.2) is 11.1 Å². The van der Waals surface area contributed by atoms with Crippen molar-refractivity contribution in [3.63, 3.8) is 0 Å². The van der Waals surface area contributed by atoms with E-state index in [2.05, 4.69) is 11.4 Å². The third-order valence-electron chi connectivity index (χ3n) is 2.79. The van der Waals surface area contributed by atoms with Gasteiger partial charge in [0.05, 0.1) is 22.9 Å². The zero-order chi connectivity index (χ0) is 13.8. The van der Waals surface area contributed by atoms with Crippen LogP contribution in [-0.2, 0) is 0 Å². The molecule has 0 heterocycles. The maximum Gasteiger partial charge on any atom is 0.337 e. The molecule has 0 aliphatic heterocycles. The van der Waals surface area contributed by atoms with Gasteiger partial charge >= 0.3 is 5.97 Å². The highest BCUT2D eigenvalue weighted by molar-refractivity contribution is 5.95. The van der Waals surface area contributed by atoms with Crippen LogP contribution in [0.15, 0.2) is 42.5 Å². The second-order valence-electron chi connectivity index (χ2n) is 4.12. The normalized spacial score (nSPS) is 9.68. The zero-order valence-corrected chi connectivity index (χ0v) is 10.3. The molecule has 4 heteroatoms. The van der Waals surface area contributed by atoms with Crippen molar-refractivity contribution in [1.29, 1.82) is 5.26 Å². The molecule has 0 aliphatic carbocycles. The fourth-order valence-electron chi connectivity index (χ4n) is 1.75. The Kier molecular flexibility index (Phi) is 3.48. The van der Waals surface area contributed by atoms with Crippen LogP contribution in [0.4, 0.5) is 11.4 Å². The third-order valence-corrected chi connectivity index (χ3v) is 2.79. The number of aromatic carboxylic acids is 1. The van der Waals surface area contributed by atoms with Crippen LogP contribution in [0, 0.1) is 18.3 Å². The van der Waals surface area contributed by atoms with E-state index >= 15 is 0 Å². The summed E-state index contributed by atoms with van der Waals surface area (Å²) in [4.78, 5) is 11.1. The molecule has 2 N–H and O–H groups in total. The molecule has 2 aromatic rings. The van der Waals surface area contributed by atoms with Crippen molar-refractivity contribution < 1.29 is 9.90 Å². The van der Waals surface area contributed by atoms with Crippen LogP contribution >= 0.6 is 0 Å². The Bertz CT molecular complexity index is 672. The Morgan fingerprint density at radius 1 is 1.21 bits per heavy atom. The van der Waals surface area contributed by atoms with Crippen molar-refractivity contribution in [3.8, 4) is 6.07 Å². The number of aryl methyl sites for hydroxylation is 1. The lowest BCUT2D eigenvalue weighted by atomic mass is 10.1. The molecule has 0 aliphatic rings. The maximum absolute atomic E-state index is 11.1. The fourth-order valence-corrected chi connectivity index (χ4v) is 1.75. The number of carboxylic acids is 1. The van der Waals surface area contributed by atoms with Crippen molar-refractivity contribution >= 4 is 17.3 Å². The minimum absolute atomic E-state index is 0.198. The molecular weight excluding hydrogens is 240 g/mol. The molecule has 0 saturated carbocycles. The number of nitrogens with zero attached hydrogens (tertiary/aromatic N) is 1. The molecule has 0 spiro atoms. The SMILES string of the molecule is Cc1ccc(C#N)cc1Nc1ccccc1C(=O)O. The highest BCUT2D eigenvalue weighted by Crippen LogP contribution is 2.24. The van der Waals surface area contributed by atoms with Crippen LogP contribution in [0.3, 0.4) is 0 Å².